The maximum Gasteiger partial charge on any atom is 0.269 e. The summed E-state index contributed by atoms with van der Waals surface area (Å²) >= 11 is 1.79. The number of nitrogens with zero attached hydrogens (tertiary/aromatic N) is 2. The molecule has 2 aromatic rings. The SMILES string of the molecule is O=C(NCCc1nc2c(s1)CCC2)c1cnc[nH]1. The highest BCUT2D eigenvalue weighted by Gasteiger charge is 2.16. The largest absolute Gasteiger partial charge is 0.350 e. The number of amides is 1. The number of aryl methyl sites for hydroxylation is 2. The molecule has 0 saturated carbocycles. The maximum atomic E-state index is 11.6. The number of hydrogen-bond acceptors (Lipinski definition) is 4. The fourth-order valence-corrected chi connectivity index (χ4v) is 3.27. The van der Waals surface area contributed by atoms with E-state index in [9.17, 15) is 4.79 Å². The molecule has 0 spiro atoms. The minimum atomic E-state index is -0.114. The Labute approximate surface area is 109 Å². The van der Waals surface area contributed by atoms with Gasteiger partial charge >= 0.3 is 0 Å². The van der Waals surface area contributed by atoms with Crippen LogP contribution in [0.4, 0.5) is 0 Å². The van der Waals surface area contributed by atoms with E-state index in [0.717, 1.165) is 17.8 Å². The smallest absolute Gasteiger partial charge is 0.269 e. The summed E-state index contributed by atoms with van der Waals surface area (Å²) < 4.78 is 0. The molecule has 1 amide bonds. The summed E-state index contributed by atoms with van der Waals surface area (Å²) in [5, 5.41) is 3.98. The molecule has 0 bridgehead atoms. The van der Waals surface area contributed by atoms with E-state index in [1.54, 1.807) is 11.3 Å². The number of aromatic nitrogens is 3. The molecule has 0 unspecified atom stereocenters. The Morgan fingerprint density at radius 1 is 1.50 bits per heavy atom. The van der Waals surface area contributed by atoms with E-state index in [1.165, 1.54) is 35.9 Å². The number of nitrogens with one attached hydrogen (secondary N) is 2. The highest BCUT2D eigenvalue weighted by Crippen LogP contribution is 2.27. The van der Waals surface area contributed by atoms with Gasteiger partial charge in [-0.3, -0.25) is 4.79 Å². The lowest BCUT2D eigenvalue weighted by Gasteiger charge is -2.01. The van der Waals surface area contributed by atoms with Crippen molar-refractivity contribution in [3.8, 4) is 0 Å². The molecule has 0 radical (unpaired) electrons. The fourth-order valence-electron chi connectivity index (χ4n) is 2.11. The lowest BCUT2D eigenvalue weighted by molar-refractivity contribution is 0.0949. The average Bonchev–Trinajstić information content (AvgIpc) is 3.05. The van der Waals surface area contributed by atoms with Crippen molar-refractivity contribution in [1.29, 1.82) is 0 Å². The van der Waals surface area contributed by atoms with E-state index >= 15 is 0 Å². The van der Waals surface area contributed by atoms with Gasteiger partial charge in [-0.2, -0.15) is 0 Å². The Balaban J connectivity index is 1.51. The zero-order valence-corrected chi connectivity index (χ0v) is 10.7. The molecule has 2 N–H and O–H groups in total. The van der Waals surface area contributed by atoms with Gasteiger partial charge in [0.2, 0.25) is 0 Å². The van der Waals surface area contributed by atoms with Crippen molar-refractivity contribution in [3.05, 3.63) is 33.8 Å². The Morgan fingerprint density at radius 3 is 3.22 bits per heavy atom. The van der Waals surface area contributed by atoms with E-state index < -0.39 is 0 Å². The van der Waals surface area contributed by atoms with Crippen molar-refractivity contribution >= 4 is 17.2 Å². The highest BCUT2D eigenvalue weighted by atomic mass is 32.1. The molecule has 18 heavy (non-hydrogen) atoms. The molecule has 0 fully saturated rings. The van der Waals surface area contributed by atoms with Gasteiger partial charge in [-0.05, 0) is 19.3 Å². The van der Waals surface area contributed by atoms with Crippen LogP contribution in [0.3, 0.4) is 0 Å². The number of rotatable bonds is 4. The van der Waals surface area contributed by atoms with Gasteiger partial charge < -0.3 is 10.3 Å². The molecule has 6 heteroatoms. The Hall–Kier alpha value is -1.69. The maximum absolute atomic E-state index is 11.6. The van der Waals surface area contributed by atoms with E-state index in [2.05, 4.69) is 20.3 Å². The van der Waals surface area contributed by atoms with Crippen LogP contribution in [-0.4, -0.2) is 27.4 Å². The summed E-state index contributed by atoms with van der Waals surface area (Å²) in [4.78, 5) is 24.3. The molecular weight excluding hydrogens is 248 g/mol. The Kier molecular flexibility index (Phi) is 3.10. The van der Waals surface area contributed by atoms with E-state index in [4.69, 9.17) is 0 Å². The second-order valence-electron chi connectivity index (χ2n) is 4.30. The average molecular weight is 262 g/mol. The normalized spacial score (nSPS) is 13.6. The molecule has 1 aliphatic carbocycles. The van der Waals surface area contributed by atoms with Crippen LogP contribution in [0.25, 0.3) is 0 Å². The Morgan fingerprint density at radius 2 is 2.44 bits per heavy atom. The minimum Gasteiger partial charge on any atom is -0.350 e. The van der Waals surface area contributed by atoms with Crippen LogP contribution in [-0.2, 0) is 19.3 Å². The zero-order valence-electron chi connectivity index (χ0n) is 9.90. The van der Waals surface area contributed by atoms with Crippen molar-refractivity contribution in [1.82, 2.24) is 20.3 Å². The summed E-state index contributed by atoms with van der Waals surface area (Å²) in [6.45, 7) is 0.615. The molecule has 0 aromatic carbocycles. The van der Waals surface area contributed by atoms with Gasteiger partial charge in [-0.1, -0.05) is 0 Å². The minimum absolute atomic E-state index is 0.114. The molecule has 2 heterocycles. The summed E-state index contributed by atoms with van der Waals surface area (Å²) in [6, 6.07) is 0. The number of carbonyl (C=O) groups excluding carboxylic acids is 1. The first kappa shape index (κ1) is 11.4. The van der Waals surface area contributed by atoms with Gasteiger partial charge in [0.05, 0.1) is 23.2 Å². The molecular formula is C12H14N4OS. The number of H-pyrrole nitrogens is 1. The molecule has 5 nitrogen and oxygen atoms in total. The highest BCUT2D eigenvalue weighted by molar-refractivity contribution is 7.11. The molecule has 94 valence electrons. The number of aromatic amines is 1. The molecule has 0 atom stereocenters. The van der Waals surface area contributed by atoms with Crippen LogP contribution in [0.5, 0.6) is 0 Å². The van der Waals surface area contributed by atoms with Crippen molar-refractivity contribution in [3.63, 3.8) is 0 Å². The van der Waals surface area contributed by atoms with E-state index in [1.807, 2.05) is 0 Å². The molecule has 0 aliphatic heterocycles. The number of thiazole rings is 1. The van der Waals surface area contributed by atoms with Crippen LogP contribution in [0.1, 0.15) is 32.5 Å². The predicted molar refractivity (Wildman–Crippen MR) is 68.8 cm³/mol. The lowest BCUT2D eigenvalue weighted by atomic mass is 10.3. The third-order valence-corrected chi connectivity index (χ3v) is 4.22. The van der Waals surface area contributed by atoms with Crippen molar-refractivity contribution < 1.29 is 4.79 Å². The molecule has 2 aromatic heterocycles. The van der Waals surface area contributed by atoms with Crippen molar-refractivity contribution in [2.75, 3.05) is 6.54 Å². The van der Waals surface area contributed by atoms with E-state index in [0.29, 0.717) is 12.2 Å². The van der Waals surface area contributed by atoms with Gasteiger partial charge in [0.1, 0.15) is 5.69 Å². The number of carbonyl (C=O) groups is 1. The third-order valence-electron chi connectivity index (χ3n) is 3.01. The number of fused-ring (bicyclic) bond motifs is 1. The standard InChI is InChI=1S/C12H14N4OS/c17-12(9-6-13-7-15-9)14-5-4-11-16-8-2-1-3-10(8)18-11/h6-7H,1-5H2,(H,13,15)(H,14,17). The first-order chi connectivity index (χ1) is 8.83. The van der Waals surface area contributed by atoms with Crippen LogP contribution in [0.2, 0.25) is 0 Å². The summed E-state index contributed by atoms with van der Waals surface area (Å²) in [7, 11) is 0. The molecule has 1 aliphatic rings. The zero-order chi connectivity index (χ0) is 12.4. The van der Waals surface area contributed by atoms with Crippen LogP contribution in [0, 0.1) is 0 Å². The number of hydrogen-bond donors (Lipinski definition) is 2. The third kappa shape index (κ3) is 2.28. The summed E-state index contributed by atoms with van der Waals surface area (Å²) in [6.07, 6.45) is 7.36. The first-order valence-electron chi connectivity index (χ1n) is 6.07. The second kappa shape index (κ2) is 4.89. The lowest BCUT2D eigenvalue weighted by Crippen LogP contribution is -2.25. The summed E-state index contributed by atoms with van der Waals surface area (Å²) in [5.74, 6) is -0.114. The quantitative estimate of drug-likeness (QED) is 0.873. The number of imidazole rings is 1. The van der Waals surface area contributed by atoms with Gasteiger partial charge in [-0.15, -0.1) is 11.3 Å². The van der Waals surface area contributed by atoms with Crippen LogP contribution in [0.15, 0.2) is 12.5 Å². The van der Waals surface area contributed by atoms with E-state index in [-0.39, 0.29) is 5.91 Å². The fraction of sp³-hybridized carbons (Fsp3) is 0.417. The predicted octanol–water partition coefficient (Wildman–Crippen LogP) is 1.33. The Bertz CT molecular complexity index is 525. The molecule has 3 rings (SSSR count). The van der Waals surface area contributed by atoms with Gasteiger partial charge in [0.15, 0.2) is 0 Å². The topological polar surface area (TPSA) is 70.7 Å². The van der Waals surface area contributed by atoms with Crippen molar-refractivity contribution in [2.24, 2.45) is 0 Å². The van der Waals surface area contributed by atoms with Crippen LogP contribution < -0.4 is 5.32 Å². The van der Waals surface area contributed by atoms with Crippen LogP contribution >= 0.6 is 11.3 Å². The second-order valence-corrected chi connectivity index (χ2v) is 5.47. The van der Waals surface area contributed by atoms with Gasteiger partial charge in [0.25, 0.3) is 5.91 Å². The van der Waals surface area contributed by atoms with Gasteiger partial charge in [-0.25, -0.2) is 9.97 Å². The monoisotopic (exact) mass is 262 g/mol. The summed E-state index contributed by atoms with van der Waals surface area (Å²) in [5.41, 5.74) is 1.77. The first-order valence-corrected chi connectivity index (χ1v) is 6.88. The van der Waals surface area contributed by atoms with Crippen molar-refractivity contribution in [2.45, 2.75) is 25.7 Å². The molecule has 0 saturated heterocycles. The van der Waals surface area contributed by atoms with Gasteiger partial charge in [0, 0.05) is 17.8 Å².